The first kappa shape index (κ1) is 15.0. The molecule has 0 radical (unpaired) electrons. The second-order valence-electron chi connectivity index (χ2n) is 3.93. The molecule has 0 saturated carbocycles. The molecule has 1 aromatic heterocycles. The Bertz CT molecular complexity index is 636. The van der Waals surface area contributed by atoms with Gasteiger partial charge in [0, 0.05) is 17.0 Å². The Labute approximate surface area is 125 Å². The molecule has 0 fully saturated rings. The largest absolute Gasteiger partial charge is 0.481 e. The van der Waals surface area contributed by atoms with E-state index in [0.717, 1.165) is 17.1 Å². The highest BCUT2D eigenvalue weighted by molar-refractivity contribution is 8.00. The molecule has 0 saturated heterocycles. The van der Waals surface area contributed by atoms with Crippen molar-refractivity contribution in [3.63, 3.8) is 0 Å². The van der Waals surface area contributed by atoms with Crippen LogP contribution in [0.5, 0.6) is 0 Å². The van der Waals surface area contributed by atoms with E-state index in [9.17, 15) is 4.79 Å². The van der Waals surface area contributed by atoms with Crippen molar-refractivity contribution in [2.24, 2.45) is 0 Å². The average Bonchev–Trinajstić information content (AvgIpc) is 2.41. The quantitative estimate of drug-likeness (QED) is 0.653. The third kappa shape index (κ3) is 3.82. The number of carboxylic acid groups (broad SMARTS) is 1. The van der Waals surface area contributed by atoms with Crippen LogP contribution in [0.4, 0.5) is 0 Å². The van der Waals surface area contributed by atoms with Crippen LogP contribution in [-0.4, -0.2) is 33.4 Å². The van der Waals surface area contributed by atoms with Gasteiger partial charge in [-0.15, -0.1) is 0 Å². The Morgan fingerprint density at radius 2 is 2.25 bits per heavy atom. The third-order valence-corrected chi connectivity index (χ3v) is 3.65. The summed E-state index contributed by atoms with van der Waals surface area (Å²) in [6.45, 7) is 2.74. The summed E-state index contributed by atoms with van der Waals surface area (Å²) in [6.07, 6.45) is 0. The number of carboxylic acids is 1. The van der Waals surface area contributed by atoms with Crippen molar-refractivity contribution >= 4 is 40.2 Å². The number of fused-ring (bicyclic) bond motifs is 1. The zero-order valence-electron chi connectivity index (χ0n) is 10.8. The molecular weight excluding hydrogens is 300 g/mol. The van der Waals surface area contributed by atoms with Gasteiger partial charge in [-0.2, -0.15) is 0 Å². The number of aromatic nitrogens is 2. The Balaban J connectivity index is 2.42. The number of hydrogen-bond donors (Lipinski definition) is 1. The first-order chi connectivity index (χ1) is 9.60. The molecule has 0 bridgehead atoms. The maximum atomic E-state index is 10.7. The molecule has 106 valence electrons. The van der Waals surface area contributed by atoms with Crippen LogP contribution in [0, 0.1) is 0 Å². The van der Waals surface area contributed by atoms with E-state index in [2.05, 4.69) is 9.97 Å². The molecule has 0 amide bonds. The molecule has 20 heavy (non-hydrogen) atoms. The molecular formula is C13H13ClN2O3S. The first-order valence-electron chi connectivity index (χ1n) is 5.98. The van der Waals surface area contributed by atoms with Crippen molar-refractivity contribution in [1.29, 1.82) is 0 Å². The first-order valence-corrected chi connectivity index (χ1v) is 7.35. The van der Waals surface area contributed by atoms with Gasteiger partial charge in [-0.1, -0.05) is 23.4 Å². The topological polar surface area (TPSA) is 72.3 Å². The fourth-order valence-corrected chi connectivity index (χ4v) is 2.54. The maximum absolute atomic E-state index is 10.7. The standard InChI is InChI=1S/C13H13ClN2O3S/c1-2-19-6-11-15-10-5-8(14)3-4-9(10)13(16-11)20-7-12(17)18/h3-5H,2,6-7H2,1H3,(H,17,18). The van der Waals surface area contributed by atoms with Gasteiger partial charge < -0.3 is 9.84 Å². The molecule has 2 rings (SSSR count). The highest BCUT2D eigenvalue weighted by atomic mass is 35.5. The highest BCUT2D eigenvalue weighted by Gasteiger charge is 2.10. The van der Waals surface area contributed by atoms with Crippen LogP contribution in [0.1, 0.15) is 12.7 Å². The summed E-state index contributed by atoms with van der Waals surface area (Å²) in [5.41, 5.74) is 0.690. The molecule has 5 nitrogen and oxygen atoms in total. The van der Waals surface area contributed by atoms with Crippen molar-refractivity contribution in [2.75, 3.05) is 12.4 Å². The van der Waals surface area contributed by atoms with Gasteiger partial charge in [0.1, 0.15) is 11.6 Å². The molecule has 0 aliphatic rings. The summed E-state index contributed by atoms with van der Waals surface area (Å²) in [7, 11) is 0. The fourth-order valence-electron chi connectivity index (χ4n) is 1.62. The van der Waals surface area contributed by atoms with E-state index in [4.69, 9.17) is 21.4 Å². The summed E-state index contributed by atoms with van der Waals surface area (Å²) in [6, 6.07) is 5.27. The van der Waals surface area contributed by atoms with Crippen molar-refractivity contribution in [2.45, 2.75) is 18.6 Å². The fraction of sp³-hybridized carbons (Fsp3) is 0.308. The van der Waals surface area contributed by atoms with Gasteiger partial charge in [0.2, 0.25) is 0 Å². The van der Waals surface area contributed by atoms with Gasteiger partial charge in [-0.25, -0.2) is 9.97 Å². The van der Waals surface area contributed by atoms with E-state index in [1.165, 1.54) is 0 Å². The number of ether oxygens (including phenoxy) is 1. The van der Waals surface area contributed by atoms with Crippen LogP contribution >= 0.6 is 23.4 Å². The summed E-state index contributed by atoms with van der Waals surface area (Å²) in [5.74, 6) is -0.417. The average molecular weight is 313 g/mol. The number of carbonyl (C=O) groups is 1. The summed E-state index contributed by atoms with van der Waals surface area (Å²) >= 11 is 7.12. The van der Waals surface area contributed by atoms with Crippen LogP contribution in [0.3, 0.4) is 0 Å². The smallest absolute Gasteiger partial charge is 0.313 e. The van der Waals surface area contributed by atoms with Crippen molar-refractivity contribution in [3.05, 3.63) is 29.0 Å². The Hall–Kier alpha value is -1.37. The maximum Gasteiger partial charge on any atom is 0.313 e. The summed E-state index contributed by atoms with van der Waals surface area (Å²) in [5, 5.41) is 10.8. The van der Waals surface area contributed by atoms with E-state index < -0.39 is 5.97 Å². The van der Waals surface area contributed by atoms with Gasteiger partial charge in [-0.3, -0.25) is 4.79 Å². The van der Waals surface area contributed by atoms with Crippen LogP contribution < -0.4 is 0 Å². The molecule has 0 unspecified atom stereocenters. The van der Waals surface area contributed by atoms with E-state index >= 15 is 0 Å². The molecule has 0 aliphatic carbocycles. The van der Waals surface area contributed by atoms with Crippen LogP contribution in [0.15, 0.2) is 23.2 Å². The molecule has 2 aromatic rings. The minimum absolute atomic E-state index is 0.0528. The van der Waals surface area contributed by atoms with Crippen LogP contribution in [-0.2, 0) is 16.1 Å². The third-order valence-electron chi connectivity index (χ3n) is 2.44. The van der Waals surface area contributed by atoms with Crippen LogP contribution in [0.2, 0.25) is 5.02 Å². The van der Waals surface area contributed by atoms with E-state index in [0.29, 0.717) is 34.6 Å². The predicted molar refractivity (Wildman–Crippen MR) is 78.2 cm³/mol. The number of aliphatic carboxylic acids is 1. The van der Waals surface area contributed by atoms with E-state index in [1.807, 2.05) is 6.92 Å². The number of rotatable bonds is 6. The van der Waals surface area contributed by atoms with Gasteiger partial charge in [0.05, 0.1) is 11.3 Å². The molecule has 1 N–H and O–H groups in total. The summed E-state index contributed by atoms with van der Waals surface area (Å²) in [4.78, 5) is 19.5. The SMILES string of the molecule is CCOCc1nc(SCC(=O)O)c2ccc(Cl)cc2n1. The molecule has 0 aliphatic heterocycles. The highest BCUT2D eigenvalue weighted by Crippen LogP contribution is 2.27. The van der Waals surface area contributed by atoms with E-state index in [1.54, 1.807) is 18.2 Å². The van der Waals surface area contributed by atoms with Crippen molar-refractivity contribution in [3.8, 4) is 0 Å². The molecule has 1 aromatic carbocycles. The second-order valence-corrected chi connectivity index (χ2v) is 5.33. The van der Waals surface area contributed by atoms with Gasteiger partial charge in [0.15, 0.2) is 5.82 Å². The van der Waals surface area contributed by atoms with Gasteiger partial charge in [-0.05, 0) is 25.1 Å². The molecule has 1 heterocycles. The zero-order valence-corrected chi connectivity index (χ0v) is 12.4. The molecule has 7 heteroatoms. The lowest BCUT2D eigenvalue weighted by Crippen LogP contribution is -2.03. The zero-order chi connectivity index (χ0) is 14.5. The summed E-state index contributed by atoms with van der Waals surface area (Å²) < 4.78 is 5.30. The number of thioether (sulfide) groups is 1. The lowest BCUT2D eigenvalue weighted by Gasteiger charge is -2.08. The Kier molecular flexibility index (Phi) is 5.17. The number of nitrogens with zero attached hydrogens (tertiary/aromatic N) is 2. The monoisotopic (exact) mass is 312 g/mol. The number of hydrogen-bond acceptors (Lipinski definition) is 5. The van der Waals surface area contributed by atoms with E-state index in [-0.39, 0.29) is 5.75 Å². The number of halogens is 1. The van der Waals surface area contributed by atoms with Crippen molar-refractivity contribution in [1.82, 2.24) is 9.97 Å². The Morgan fingerprint density at radius 3 is 2.95 bits per heavy atom. The number of benzene rings is 1. The molecule has 0 atom stereocenters. The Morgan fingerprint density at radius 1 is 1.45 bits per heavy atom. The minimum atomic E-state index is -0.887. The predicted octanol–water partition coefficient (Wildman–Crippen LogP) is 3.00. The van der Waals surface area contributed by atoms with Gasteiger partial charge in [0.25, 0.3) is 0 Å². The minimum Gasteiger partial charge on any atom is -0.481 e. The molecule has 0 spiro atoms. The lowest BCUT2D eigenvalue weighted by atomic mass is 10.2. The second kappa shape index (κ2) is 6.88. The van der Waals surface area contributed by atoms with Gasteiger partial charge >= 0.3 is 5.97 Å². The lowest BCUT2D eigenvalue weighted by molar-refractivity contribution is -0.133. The van der Waals surface area contributed by atoms with Crippen LogP contribution in [0.25, 0.3) is 10.9 Å². The normalized spacial score (nSPS) is 10.9. The van der Waals surface area contributed by atoms with Crippen molar-refractivity contribution < 1.29 is 14.6 Å².